The van der Waals surface area contributed by atoms with Gasteiger partial charge in [0.15, 0.2) is 6.61 Å². The largest absolute Gasteiger partial charge is 0.452 e. The number of likely N-dealkylation sites (tertiary alicyclic amines) is 1. The van der Waals surface area contributed by atoms with Gasteiger partial charge in [-0.1, -0.05) is 25.0 Å². The molecule has 0 bridgehead atoms. The first-order valence-electron chi connectivity index (χ1n) is 11.1. The van der Waals surface area contributed by atoms with Crippen LogP contribution < -0.4 is 4.90 Å². The monoisotopic (exact) mass is 427 g/mol. The lowest BCUT2D eigenvalue weighted by atomic mass is 9.95. The van der Waals surface area contributed by atoms with Crippen LogP contribution in [0.4, 0.5) is 5.69 Å². The van der Waals surface area contributed by atoms with Crippen LogP contribution in [0.15, 0.2) is 24.3 Å². The number of carbonyl (C=O) groups excluding carboxylic acids is 4. The summed E-state index contributed by atoms with van der Waals surface area (Å²) in [6.45, 7) is 4.56. The van der Waals surface area contributed by atoms with E-state index >= 15 is 0 Å². The second-order valence-electron chi connectivity index (χ2n) is 8.70. The third kappa shape index (κ3) is 3.47. The van der Waals surface area contributed by atoms with Crippen LogP contribution in [0.5, 0.6) is 0 Å². The Balaban J connectivity index is 1.64. The molecule has 1 aromatic carbocycles. The molecule has 0 unspecified atom stereocenters. The van der Waals surface area contributed by atoms with Gasteiger partial charge in [0.1, 0.15) is 0 Å². The van der Waals surface area contributed by atoms with Crippen molar-refractivity contribution in [2.24, 2.45) is 0 Å². The van der Waals surface area contributed by atoms with Gasteiger partial charge >= 0.3 is 5.97 Å². The van der Waals surface area contributed by atoms with Crippen molar-refractivity contribution < 1.29 is 23.9 Å². The summed E-state index contributed by atoms with van der Waals surface area (Å²) in [7, 11) is 0. The maximum Gasteiger partial charge on any atom is 0.354 e. The first-order valence-corrected chi connectivity index (χ1v) is 11.1. The maximum atomic E-state index is 13.5. The zero-order valence-electron chi connectivity index (χ0n) is 18.1. The molecule has 0 radical (unpaired) electrons. The number of amides is 3. The van der Waals surface area contributed by atoms with Crippen LogP contribution in [0.25, 0.3) is 0 Å². The highest BCUT2D eigenvalue weighted by atomic mass is 16.5. The number of hydrogen-bond donors (Lipinski definition) is 0. The Morgan fingerprint density at radius 3 is 2.42 bits per heavy atom. The highest BCUT2D eigenvalue weighted by molar-refractivity contribution is 6.15. The average molecular weight is 428 g/mol. The van der Waals surface area contributed by atoms with Crippen molar-refractivity contribution in [1.82, 2.24) is 9.80 Å². The van der Waals surface area contributed by atoms with E-state index in [-0.39, 0.29) is 43.2 Å². The zero-order valence-corrected chi connectivity index (χ0v) is 18.1. The molecule has 0 saturated carbocycles. The molecular formula is C23H29N3O5. The molecule has 1 aromatic rings. The van der Waals surface area contributed by atoms with Gasteiger partial charge in [-0.3, -0.25) is 19.3 Å². The number of ether oxygens (including phenoxy) is 1. The van der Waals surface area contributed by atoms with Gasteiger partial charge in [0.05, 0.1) is 11.3 Å². The van der Waals surface area contributed by atoms with Crippen LogP contribution in [0.1, 0.15) is 62.7 Å². The van der Waals surface area contributed by atoms with E-state index in [0.29, 0.717) is 24.3 Å². The summed E-state index contributed by atoms with van der Waals surface area (Å²) >= 11 is 0. The second-order valence-corrected chi connectivity index (χ2v) is 8.70. The van der Waals surface area contributed by atoms with Gasteiger partial charge in [0, 0.05) is 32.0 Å². The first-order chi connectivity index (χ1) is 14.9. The van der Waals surface area contributed by atoms with Crippen LogP contribution in [0.2, 0.25) is 0 Å². The Hall–Kier alpha value is -2.90. The molecule has 1 atom stereocenters. The number of para-hydroxylation sites is 1. The van der Waals surface area contributed by atoms with Crippen molar-refractivity contribution in [2.75, 3.05) is 24.6 Å². The summed E-state index contributed by atoms with van der Waals surface area (Å²) in [5.74, 6) is -1.51. The van der Waals surface area contributed by atoms with Crippen LogP contribution in [-0.2, 0) is 19.1 Å². The fourth-order valence-electron chi connectivity index (χ4n) is 5.03. The lowest BCUT2D eigenvalue weighted by molar-refractivity contribution is -0.163. The third-order valence-electron chi connectivity index (χ3n) is 6.43. The van der Waals surface area contributed by atoms with Crippen molar-refractivity contribution in [3.63, 3.8) is 0 Å². The number of hydrogen-bond acceptors (Lipinski definition) is 5. The van der Waals surface area contributed by atoms with Crippen molar-refractivity contribution in [3.8, 4) is 0 Å². The minimum Gasteiger partial charge on any atom is -0.452 e. The van der Waals surface area contributed by atoms with Gasteiger partial charge in [-0.2, -0.15) is 0 Å². The fraction of sp³-hybridized carbons (Fsp3) is 0.565. The molecule has 0 spiro atoms. The minimum absolute atomic E-state index is 0.125. The Kier molecular flexibility index (Phi) is 5.73. The molecule has 2 fully saturated rings. The number of rotatable bonds is 4. The topological polar surface area (TPSA) is 87.2 Å². The van der Waals surface area contributed by atoms with E-state index in [2.05, 4.69) is 0 Å². The van der Waals surface area contributed by atoms with Gasteiger partial charge < -0.3 is 14.5 Å². The van der Waals surface area contributed by atoms with Crippen molar-refractivity contribution in [3.05, 3.63) is 29.8 Å². The molecule has 2 saturated heterocycles. The molecule has 3 heterocycles. The van der Waals surface area contributed by atoms with Gasteiger partial charge in [-0.25, -0.2) is 4.79 Å². The SMILES string of the molecule is CC(C)N1C(=O)c2ccccc2N2C(=O)CC[C@@]21C(=O)OCC(=O)N1CCCCCC1. The lowest BCUT2D eigenvalue weighted by Crippen LogP contribution is -2.70. The van der Waals surface area contributed by atoms with E-state index in [0.717, 1.165) is 25.7 Å². The van der Waals surface area contributed by atoms with Crippen LogP contribution in [0.3, 0.4) is 0 Å². The van der Waals surface area contributed by atoms with E-state index in [1.165, 1.54) is 9.80 Å². The molecule has 0 aliphatic carbocycles. The summed E-state index contributed by atoms with van der Waals surface area (Å²) in [5, 5.41) is 0. The van der Waals surface area contributed by atoms with Crippen LogP contribution in [-0.4, -0.2) is 64.9 Å². The quantitative estimate of drug-likeness (QED) is 0.689. The summed E-state index contributed by atoms with van der Waals surface area (Å²) in [4.78, 5) is 57.0. The van der Waals surface area contributed by atoms with Crippen molar-refractivity contribution in [2.45, 2.75) is 64.1 Å². The molecule has 166 valence electrons. The van der Waals surface area contributed by atoms with E-state index in [1.54, 1.807) is 29.2 Å². The molecule has 8 heteroatoms. The molecule has 4 rings (SSSR count). The molecule has 31 heavy (non-hydrogen) atoms. The van der Waals surface area contributed by atoms with Gasteiger partial charge in [0.2, 0.25) is 11.6 Å². The maximum absolute atomic E-state index is 13.5. The van der Waals surface area contributed by atoms with E-state index in [9.17, 15) is 19.2 Å². The van der Waals surface area contributed by atoms with E-state index in [1.807, 2.05) is 13.8 Å². The second kappa shape index (κ2) is 8.32. The molecule has 3 amide bonds. The van der Waals surface area contributed by atoms with Crippen molar-refractivity contribution in [1.29, 1.82) is 0 Å². The Bertz CT molecular complexity index is 906. The molecular weight excluding hydrogens is 398 g/mol. The van der Waals surface area contributed by atoms with Crippen LogP contribution >= 0.6 is 0 Å². The summed E-state index contributed by atoms with van der Waals surface area (Å²) in [6.07, 6.45) is 4.33. The Morgan fingerprint density at radius 1 is 1.06 bits per heavy atom. The van der Waals surface area contributed by atoms with E-state index in [4.69, 9.17) is 4.74 Å². The first kappa shape index (κ1) is 21.3. The number of benzene rings is 1. The summed E-state index contributed by atoms with van der Waals surface area (Å²) < 4.78 is 5.52. The van der Waals surface area contributed by atoms with Crippen molar-refractivity contribution >= 4 is 29.4 Å². The highest BCUT2D eigenvalue weighted by Crippen LogP contribution is 2.45. The molecule has 0 N–H and O–H groups in total. The number of nitrogens with zero attached hydrogens (tertiary/aromatic N) is 3. The minimum atomic E-state index is -1.56. The Morgan fingerprint density at radius 2 is 1.74 bits per heavy atom. The normalized spacial score (nSPS) is 23.5. The zero-order chi connectivity index (χ0) is 22.2. The Labute approximate surface area is 182 Å². The lowest BCUT2D eigenvalue weighted by Gasteiger charge is -2.50. The smallest absolute Gasteiger partial charge is 0.354 e. The molecule has 8 nitrogen and oxygen atoms in total. The van der Waals surface area contributed by atoms with Gasteiger partial charge in [-0.15, -0.1) is 0 Å². The number of carbonyl (C=O) groups is 4. The number of esters is 1. The van der Waals surface area contributed by atoms with Gasteiger partial charge in [-0.05, 0) is 38.8 Å². The summed E-state index contributed by atoms with van der Waals surface area (Å²) in [5.41, 5.74) is -0.756. The molecule has 0 aromatic heterocycles. The predicted octanol–water partition coefficient (Wildman–Crippen LogP) is 2.32. The molecule has 3 aliphatic rings. The molecule has 3 aliphatic heterocycles. The number of fused-ring (bicyclic) bond motifs is 3. The standard InChI is InChI=1S/C23H29N3O5/c1-16(2)25-21(29)17-9-5-6-10-18(17)26-19(27)11-12-23(25,26)22(30)31-15-20(28)24-13-7-3-4-8-14-24/h5-6,9-10,16H,3-4,7-8,11-15H2,1-2H3/t23-/m0/s1. The van der Waals surface area contributed by atoms with Gasteiger partial charge in [0.25, 0.3) is 11.8 Å². The van der Waals surface area contributed by atoms with Crippen LogP contribution in [0, 0.1) is 0 Å². The van der Waals surface area contributed by atoms with E-state index < -0.39 is 11.6 Å². The third-order valence-corrected chi connectivity index (χ3v) is 6.43. The average Bonchev–Trinajstić information content (AvgIpc) is 2.93. The predicted molar refractivity (Wildman–Crippen MR) is 113 cm³/mol. The number of anilines is 1. The fourth-order valence-corrected chi connectivity index (χ4v) is 5.03. The highest BCUT2D eigenvalue weighted by Gasteiger charge is 2.62. The summed E-state index contributed by atoms with van der Waals surface area (Å²) in [6, 6.07) is 6.47.